The van der Waals surface area contributed by atoms with Crippen molar-refractivity contribution in [3.63, 3.8) is 0 Å². The molecule has 0 aliphatic carbocycles. The van der Waals surface area contributed by atoms with Crippen LogP contribution in [0.3, 0.4) is 0 Å². The standard InChI is InChI=1S/C26H33ClFN3O5S2/c1-17(22-9-10-23(27)37-22)16-38(34,35)31(13-14-36-26(2,3)4)21-11-12-30(25(21)33)20-8-7-18(15-19(20)28)24(32)29(5)6/h7-10,15-16,21H,11-14H2,1-6H3/b17-16-. The first-order valence-electron chi connectivity index (χ1n) is 12.0. The molecule has 1 aromatic heterocycles. The number of amides is 2. The maximum atomic E-state index is 15.0. The van der Waals surface area contributed by atoms with E-state index < -0.39 is 33.4 Å². The normalized spacial score (nSPS) is 17.0. The van der Waals surface area contributed by atoms with E-state index in [1.54, 1.807) is 33.2 Å². The van der Waals surface area contributed by atoms with Crippen LogP contribution in [0.5, 0.6) is 0 Å². The maximum absolute atomic E-state index is 15.0. The molecule has 1 fully saturated rings. The maximum Gasteiger partial charge on any atom is 0.253 e. The molecule has 2 aromatic rings. The Bertz CT molecular complexity index is 1330. The Kier molecular flexibility index (Phi) is 9.41. The van der Waals surface area contributed by atoms with Crippen molar-refractivity contribution in [2.24, 2.45) is 0 Å². The lowest BCUT2D eigenvalue weighted by Gasteiger charge is -2.28. The van der Waals surface area contributed by atoms with Gasteiger partial charge in [0.2, 0.25) is 15.9 Å². The van der Waals surface area contributed by atoms with E-state index in [9.17, 15) is 18.0 Å². The van der Waals surface area contributed by atoms with E-state index in [0.717, 1.165) is 15.8 Å². The Hall–Kier alpha value is -2.31. The first kappa shape index (κ1) is 30.2. The van der Waals surface area contributed by atoms with E-state index in [4.69, 9.17) is 16.3 Å². The molecule has 1 aliphatic heterocycles. The molecule has 1 unspecified atom stereocenters. The van der Waals surface area contributed by atoms with Crippen LogP contribution in [0.2, 0.25) is 4.34 Å². The highest BCUT2D eigenvalue weighted by atomic mass is 35.5. The summed E-state index contributed by atoms with van der Waals surface area (Å²) in [6.07, 6.45) is 0.170. The van der Waals surface area contributed by atoms with Crippen LogP contribution in [0.15, 0.2) is 35.7 Å². The summed E-state index contributed by atoms with van der Waals surface area (Å²) in [4.78, 5) is 28.9. The third-order valence-corrected chi connectivity index (χ3v) is 8.99. The van der Waals surface area contributed by atoms with Crippen LogP contribution in [0, 0.1) is 5.82 Å². The topological polar surface area (TPSA) is 87.2 Å². The van der Waals surface area contributed by atoms with Crippen LogP contribution >= 0.6 is 22.9 Å². The van der Waals surface area contributed by atoms with Gasteiger partial charge in [-0.15, -0.1) is 11.3 Å². The summed E-state index contributed by atoms with van der Waals surface area (Å²) in [6, 6.07) is 6.29. The Morgan fingerprint density at radius 2 is 1.95 bits per heavy atom. The number of allylic oxidation sites excluding steroid dienone is 1. The van der Waals surface area contributed by atoms with E-state index in [-0.39, 0.29) is 43.3 Å². The minimum absolute atomic E-state index is 0.00366. The van der Waals surface area contributed by atoms with Gasteiger partial charge < -0.3 is 14.5 Å². The summed E-state index contributed by atoms with van der Waals surface area (Å²) < 4.78 is 49.6. The molecular weight excluding hydrogens is 553 g/mol. The third kappa shape index (κ3) is 7.20. The van der Waals surface area contributed by atoms with Crippen LogP contribution < -0.4 is 4.90 Å². The lowest BCUT2D eigenvalue weighted by atomic mass is 10.1. The van der Waals surface area contributed by atoms with E-state index in [0.29, 0.717) is 14.8 Å². The van der Waals surface area contributed by atoms with Gasteiger partial charge in [0.15, 0.2) is 0 Å². The second-order valence-corrected chi connectivity index (χ2v) is 13.6. The van der Waals surface area contributed by atoms with Gasteiger partial charge in [-0.2, -0.15) is 4.31 Å². The van der Waals surface area contributed by atoms with Crippen molar-refractivity contribution < 1.29 is 27.1 Å². The molecule has 1 aliphatic rings. The van der Waals surface area contributed by atoms with Crippen molar-refractivity contribution in [1.82, 2.24) is 9.21 Å². The molecule has 0 radical (unpaired) electrons. The molecule has 1 saturated heterocycles. The smallest absolute Gasteiger partial charge is 0.253 e. The predicted molar refractivity (Wildman–Crippen MR) is 149 cm³/mol. The second kappa shape index (κ2) is 11.8. The van der Waals surface area contributed by atoms with E-state index in [1.807, 2.05) is 20.8 Å². The van der Waals surface area contributed by atoms with Gasteiger partial charge in [-0.25, -0.2) is 12.8 Å². The van der Waals surface area contributed by atoms with Gasteiger partial charge in [0.05, 0.1) is 27.6 Å². The Morgan fingerprint density at radius 1 is 1.26 bits per heavy atom. The first-order valence-corrected chi connectivity index (χ1v) is 14.7. The zero-order chi connectivity index (χ0) is 28.4. The summed E-state index contributed by atoms with van der Waals surface area (Å²) >= 11 is 7.27. The quantitative estimate of drug-likeness (QED) is 0.420. The van der Waals surface area contributed by atoms with Crippen molar-refractivity contribution in [2.45, 2.75) is 45.8 Å². The number of carbonyl (C=O) groups excluding carboxylic acids is 2. The largest absolute Gasteiger partial charge is 0.374 e. The highest BCUT2D eigenvalue weighted by molar-refractivity contribution is 7.92. The van der Waals surface area contributed by atoms with Gasteiger partial charge >= 0.3 is 0 Å². The van der Waals surface area contributed by atoms with E-state index in [2.05, 4.69) is 0 Å². The number of rotatable bonds is 9. The van der Waals surface area contributed by atoms with Crippen molar-refractivity contribution in [3.8, 4) is 0 Å². The number of halogens is 2. The Labute approximate surface area is 232 Å². The highest BCUT2D eigenvalue weighted by Gasteiger charge is 2.42. The second-order valence-electron chi connectivity index (χ2n) is 10.2. The van der Waals surface area contributed by atoms with Crippen molar-refractivity contribution in [1.29, 1.82) is 0 Å². The number of hydrogen-bond donors (Lipinski definition) is 0. The first-order chi connectivity index (χ1) is 17.6. The number of carbonyl (C=O) groups is 2. The Morgan fingerprint density at radius 3 is 2.50 bits per heavy atom. The number of hydrogen-bond acceptors (Lipinski definition) is 6. The van der Waals surface area contributed by atoms with Gasteiger partial charge in [0, 0.05) is 37.6 Å². The number of benzene rings is 1. The number of thiophene rings is 1. The fourth-order valence-corrected chi connectivity index (χ4v) is 6.74. The molecule has 0 saturated carbocycles. The number of ether oxygens (including phenoxy) is 1. The summed E-state index contributed by atoms with van der Waals surface area (Å²) in [5.41, 5.74) is 0.127. The fraction of sp³-hybridized carbons (Fsp3) is 0.462. The molecule has 3 rings (SSSR count). The Balaban J connectivity index is 1.91. The molecule has 2 amide bonds. The molecule has 38 heavy (non-hydrogen) atoms. The SMILES string of the molecule is C/C(=C/S(=O)(=O)N(CCOC(C)(C)C)C1CCN(c2ccc(C(=O)N(C)C)cc2F)C1=O)c1ccc(Cl)s1. The van der Waals surface area contributed by atoms with E-state index in [1.165, 1.54) is 33.3 Å². The van der Waals surface area contributed by atoms with E-state index >= 15 is 4.39 Å². The summed E-state index contributed by atoms with van der Waals surface area (Å²) in [7, 11) is -0.955. The fourth-order valence-electron chi connectivity index (χ4n) is 4.07. The van der Waals surface area contributed by atoms with Gasteiger partial charge in [0.1, 0.15) is 11.9 Å². The molecule has 12 heteroatoms. The van der Waals surface area contributed by atoms with Crippen LogP contribution in [-0.4, -0.2) is 74.9 Å². The molecule has 0 bridgehead atoms. The van der Waals surface area contributed by atoms with Gasteiger partial charge in [-0.1, -0.05) is 11.6 Å². The zero-order valence-corrected chi connectivity index (χ0v) is 24.7. The third-order valence-electron chi connectivity index (χ3n) is 5.88. The van der Waals surface area contributed by atoms with Crippen molar-refractivity contribution >= 4 is 56.0 Å². The van der Waals surface area contributed by atoms with Crippen LogP contribution in [0.25, 0.3) is 5.57 Å². The van der Waals surface area contributed by atoms with Crippen LogP contribution in [0.4, 0.5) is 10.1 Å². The van der Waals surface area contributed by atoms with Crippen LogP contribution in [-0.2, 0) is 19.6 Å². The lowest BCUT2D eigenvalue weighted by molar-refractivity contribution is -0.120. The number of nitrogens with zero attached hydrogens (tertiary/aromatic N) is 3. The zero-order valence-electron chi connectivity index (χ0n) is 22.3. The van der Waals surface area contributed by atoms with Gasteiger partial charge in [-0.05, 0) is 70.0 Å². The molecular formula is C26H33ClFN3O5S2. The van der Waals surface area contributed by atoms with Crippen molar-refractivity contribution in [3.05, 3.63) is 56.3 Å². The molecule has 208 valence electrons. The summed E-state index contributed by atoms with van der Waals surface area (Å²) in [6.45, 7) is 7.36. The monoisotopic (exact) mass is 585 g/mol. The minimum atomic E-state index is -4.07. The molecule has 8 nitrogen and oxygen atoms in total. The molecule has 0 spiro atoms. The lowest BCUT2D eigenvalue weighted by Crippen LogP contribution is -2.46. The van der Waals surface area contributed by atoms with Gasteiger partial charge in [-0.3, -0.25) is 9.59 Å². The molecule has 1 aromatic carbocycles. The summed E-state index contributed by atoms with van der Waals surface area (Å²) in [5.74, 6) is -1.64. The van der Waals surface area contributed by atoms with Gasteiger partial charge in [0.25, 0.3) is 5.91 Å². The minimum Gasteiger partial charge on any atom is -0.374 e. The summed E-state index contributed by atoms with van der Waals surface area (Å²) in [5, 5.41) is 1.13. The average molecular weight is 586 g/mol. The predicted octanol–water partition coefficient (Wildman–Crippen LogP) is 4.86. The highest BCUT2D eigenvalue weighted by Crippen LogP contribution is 2.32. The molecule has 1 atom stereocenters. The van der Waals surface area contributed by atoms with Crippen molar-refractivity contribution in [2.75, 3.05) is 38.7 Å². The molecule has 0 N–H and O–H groups in total. The molecule has 2 heterocycles. The number of sulfonamides is 1. The van der Waals surface area contributed by atoms with Crippen LogP contribution in [0.1, 0.15) is 49.4 Å². The average Bonchev–Trinajstić information content (AvgIpc) is 3.40. The number of anilines is 1.